The van der Waals surface area contributed by atoms with Gasteiger partial charge in [-0.15, -0.1) is 0 Å². The molecular weight excluding hydrogens is 355 g/mol. The zero-order chi connectivity index (χ0) is 17.7. The third-order valence-corrected chi connectivity index (χ3v) is 3.39. The van der Waals surface area contributed by atoms with Gasteiger partial charge in [-0.3, -0.25) is 15.6 Å². The maximum Gasteiger partial charge on any atom is 0.276 e. The molecule has 0 radical (unpaired) electrons. The van der Waals surface area contributed by atoms with Crippen LogP contribution in [-0.4, -0.2) is 36.6 Å². The molecule has 128 valence electrons. The fourth-order valence-electron chi connectivity index (χ4n) is 1.74. The lowest BCUT2D eigenvalue weighted by atomic mass is 10.3. The average Bonchev–Trinajstić information content (AvgIpc) is 2.52. The molecule has 0 aliphatic rings. The van der Waals surface area contributed by atoms with E-state index in [-0.39, 0.29) is 12.4 Å². The first-order valence-electron chi connectivity index (χ1n) is 6.79. The molecule has 0 aliphatic carbocycles. The molecule has 0 fully saturated rings. The Morgan fingerprint density at radius 1 is 1.33 bits per heavy atom. The van der Waals surface area contributed by atoms with Crippen molar-refractivity contribution in [1.29, 1.82) is 0 Å². The first kappa shape index (κ1) is 17.9. The van der Waals surface area contributed by atoms with E-state index >= 15 is 0 Å². The summed E-state index contributed by atoms with van der Waals surface area (Å²) in [6, 6.07) is 4.72. The van der Waals surface area contributed by atoms with Crippen LogP contribution >= 0.6 is 23.2 Å². The smallest absolute Gasteiger partial charge is 0.276 e. The molecule has 8 nitrogen and oxygen atoms in total. The largest absolute Gasteiger partial charge is 0.482 e. The minimum Gasteiger partial charge on any atom is -0.482 e. The second-order valence-corrected chi connectivity index (χ2v) is 5.73. The van der Waals surface area contributed by atoms with E-state index in [1.807, 2.05) is 0 Å². The number of hydrazine groups is 1. The number of hydrogen-bond donors (Lipinski definition) is 3. The molecule has 1 amide bonds. The van der Waals surface area contributed by atoms with Crippen molar-refractivity contribution in [2.75, 3.05) is 36.8 Å². The molecule has 0 unspecified atom stereocenters. The van der Waals surface area contributed by atoms with Crippen molar-refractivity contribution in [3.8, 4) is 5.75 Å². The van der Waals surface area contributed by atoms with Crippen LogP contribution in [0.15, 0.2) is 24.5 Å². The number of anilines is 3. The molecule has 0 saturated carbocycles. The Hall–Kier alpha value is -2.45. The van der Waals surface area contributed by atoms with Crippen LogP contribution in [0.4, 0.5) is 17.3 Å². The molecule has 0 atom stereocenters. The third-order valence-electron chi connectivity index (χ3n) is 2.86. The summed E-state index contributed by atoms with van der Waals surface area (Å²) in [6.45, 7) is -0.250. The maximum absolute atomic E-state index is 11.8. The number of aromatic nitrogens is 2. The van der Waals surface area contributed by atoms with Gasteiger partial charge in [0.2, 0.25) is 0 Å². The fourth-order valence-corrected chi connectivity index (χ4v) is 2.21. The number of rotatable bonds is 6. The van der Waals surface area contributed by atoms with Gasteiger partial charge >= 0.3 is 0 Å². The van der Waals surface area contributed by atoms with E-state index in [0.717, 1.165) is 0 Å². The molecule has 24 heavy (non-hydrogen) atoms. The van der Waals surface area contributed by atoms with Crippen LogP contribution in [0.1, 0.15) is 0 Å². The molecule has 2 rings (SSSR count). The lowest BCUT2D eigenvalue weighted by Gasteiger charge is -2.16. The lowest BCUT2D eigenvalue weighted by molar-refractivity contribution is -0.122. The number of ether oxygens (including phenoxy) is 1. The molecule has 10 heteroatoms. The normalized spacial score (nSPS) is 10.2. The van der Waals surface area contributed by atoms with E-state index in [9.17, 15) is 4.79 Å². The minimum atomic E-state index is -0.439. The van der Waals surface area contributed by atoms with Crippen LogP contribution in [0, 0.1) is 0 Å². The monoisotopic (exact) mass is 370 g/mol. The van der Waals surface area contributed by atoms with Gasteiger partial charge in [0.15, 0.2) is 18.2 Å². The quantitative estimate of drug-likeness (QED) is 0.667. The van der Waals surface area contributed by atoms with Gasteiger partial charge in [0.1, 0.15) is 17.8 Å². The minimum absolute atomic E-state index is 0.250. The molecule has 0 bridgehead atoms. The Morgan fingerprint density at radius 2 is 2.08 bits per heavy atom. The van der Waals surface area contributed by atoms with Crippen molar-refractivity contribution in [2.45, 2.75) is 0 Å². The van der Waals surface area contributed by atoms with Crippen LogP contribution in [0.3, 0.4) is 0 Å². The van der Waals surface area contributed by atoms with Gasteiger partial charge in [-0.2, -0.15) is 0 Å². The predicted molar refractivity (Wildman–Crippen MR) is 94.5 cm³/mol. The first-order chi connectivity index (χ1) is 11.4. The van der Waals surface area contributed by atoms with E-state index in [2.05, 4.69) is 20.8 Å². The number of carbonyl (C=O) groups excluding carboxylic acids is 1. The second kappa shape index (κ2) is 7.89. The number of nitrogens with one attached hydrogen (secondary N) is 2. The summed E-state index contributed by atoms with van der Waals surface area (Å²) in [5.41, 5.74) is 11.3. The van der Waals surface area contributed by atoms with Crippen molar-refractivity contribution < 1.29 is 9.53 Å². The maximum atomic E-state index is 11.8. The molecular formula is C14H16Cl2N6O2. The van der Waals surface area contributed by atoms with Crippen molar-refractivity contribution >= 4 is 46.4 Å². The van der Waals surface area contributed by atoms with Crippen LogP contribution in [0.2, 0.25) is 10.0 Å². The van der Waals surface area contributed by atoms with Crippen molar-refractivity contribution in [1.82, 2.24) is 15.4 Å². The Kier molecular flexibility index (Phi) is 5.88. The molecule has 0 spiro atoms. The highest BCUT2D eigenvalue weighted by atomic mass is 35.5. The number of nitrogens with two attached hydrogens (primary N) is 1. The lowest BCUT2D eigenvalue weighted by Crippen LogP contribution is -2.34. The Labute approximate surface area is 148 Å². The molecule has 1 heterocycles. The number of halogens is 2. The summed E-state index contributed by atoms with van der Waals surface area (Å²) in [7, 11) is 3.59. The molecule has 1 aromatic carbocycles. The number of amides is 1. The summed E-state index contributed by atoms with van der Waals surface area (Å²) < 4.78 is 5.32. The van der Waals surface area contributed by atoms with E-state index in [0.29, 0.717) is 27.3 Å². The van der Waals surface area contributed by atoms with E-state index in [4.69, 9.17) is 33.7 Å². The molecule has 1 aromatic heterocycles. The number of carbonyl (C=O) groups is 1. The summed E-state index contributed by atoms with van der Waals surface area (Å²) in [4.78, 5) is 21.6. The van der Waals surface area contributed by atoms with E-state index < -0.39 is 5.91 Å². The van der Waals surface area contributed by atoms with Crippen LogP contribution in [0.5, 0.6) is 5.75 Å². The van der Waals surface area contributed by atoms with Gasteiger partial charge in [-0.25, -0.2) is 9.97 Å². The van der Waals surface area contributed by atoms with Crippen LogP contribution in [0.25, 0.3) is 0 Å². The molecule has 0 aliphatic heterocycles. The molecule has 0 saturated heterocycles. The Bertz CT molecular complexity index is 741. The Morgan fingerprint density at radius 3 is 2.75 bits per heavy atom. The van der Waals surface area contributed by atoms with Gasteiger partial charge in [-0.05, 0) is 18.2 Å². The van der Waals surface area contributed by atoms with E-state index in [1.165, 1.54) is 12.4 Å². The predicted octanol–water partition coefficient (Wildman–Crippen LogP) is 1.95. The summed E-state index contributed by atoms with van der Waals surface area (Å²) >= 11 is 11.7. The second-order valence-electron chi connectivity index (χ2n) is 4.89. The SMILES string of the molecule is CN(C)c1ncnc(NNC(=O)COc2ccc(Cl)cc2Cl)c1N. The third kappa shape index (κ3) is 4.53. The highest BCUT2D eigenvalue weighted by Crippen LogP contribution is 2.27. The highest BCUT2D eigenvalue weighted by molar-refractivity contribution is 6.35. The topological polar surface area (TPSA) is 105 Å². The van der Waals surface area contributed by atoms with Gasteiger partial charge in [0.05, 0.1) is 5.02 Å². The Balaban J connectivity index is 1.91. The number of hydrogen-bond acceptors (Lipinski definition) is 7. The molecule has 4 N–H and O–H groups in total. The van der Waals surface area contributed by atoms with Crippen molar-refractivity contribution in [2.24, 2.45) is 0 Å². The summed E-state index contributed by atoms with van der Waals surface area (Å²) in [6.07, 6.45) is 1.34. The molecule has 2 aromatic rings. The van der Waals surface area contributed by atoms with E-state index in [1.54, 1.807) is 31.1 Å². The van der Waals surface area contributed by atoms with Gasteiger partial charge in [-0.1, -0.05) is 23.2 Å². The summed E-state index contributed by atoms with van der Waals surface area (Å²) in [5, 5.41) is 0.799. The number of benzene rings is 1. The fraction of sp³-hybridized carbons (Fsp3) is 0.214. The average molecular weight is 371 g/mol. The standard InChI is InChI=1S/C14H16Cl2N6O2/c1-22(2)14-12(17)13(18-7-19-14)21-20-11(23)6-24-10-4-3-8(15)5-9(10)16/h3-5,7H,6,17H2,1-2H3,(H,20,23)(H,18,19,21). The number of nitrogen functional groups attached to an aromatic ring is 1. The zero-order valence-corrected chi connectivity index (χ0v) is 14.5. The van der Waals surface area contributed by atoms with Crippen molar-refractivity contribution in [3.05, 3.63) is 34.6 Å². The van der Waals surface area contributed by atoms with Crippen molar-refractivity contribution in [3.63, 3.8) is 0 Å². The summed E-state index contributed by atoms with van der Waals surface area (Å²) in [5.74, 6) is 0.732. The van der Waals surface area contributed by atoms with Gasteiger partial charge in [0.25, 0.3) is 5.91 Å². The zero-order valence-electron chi connectivity index (χ0n) is 13.0. The van der Waals surface area contributed by atoms with Crippen LogP contribution in [-0.2, 0) is 4.79 Å². The first-order valence-corrected chi connectivity index (χ1v) is 7.54. The number of nitrogens with zero attached hydrogens (tertiary/aromatic N) is 3. The van der Waals surface area contributed by atoms with Crippen LogP contribution < -0.4 is 26.2 Å². The highest BCUT2D eigenvalue weighted by Gasteiger charge is 2.11. The van der Waals surface area contributed by atoms with Gasteiger partial charge in [0, 0.05) is 19.1 Å². The van der Waals surface area contributed by atoms with Gasteiger partial charge < -0.3 is 15.4 Å².